The lowest BCUT2D eigenvalue weighted by Gasteiger charge is -2.22. The highest BCUT2D eigenvalue weighted by atomic mass is 32.2. The van der Waals surface area contributed by atoms with E-state index in [2.05, 4.69) is 10.0 Å². The van der Waals surface area contributed by atoms with Crippen LogP contribution in [0, 0.1) is 5.92 Å². The summed E-state index contributed by atoms with van der Waals surface area (Å²) >= 11 is 0. The molecule has 0 saturated heterocycles. The number of amides is 2. The summed E-state index contributed by atoms with van der Waals surface area (Å²) in [5.74, 6) is 0.474. The number of benzene rings is 2. The molecule has 2 amide bonds. The van der Waals surface area contributed by atoms with Gasteiger partial charge < -0.3 is 19.7 Å². The second-order valence-corrected chi connectivity index (χ2v) is 10.7. The monoisotopic (exact) mass is 487 g/mol. The first-order chi connectivity index (χ1) is 16.1. The van der Waals surface area contributed by atoms with Gasteiger partial charge in [-0.25, -0.2) is 8.42 Å². The largest absolute Gasteiger partial charge is 0.454 e. The number of nitrogens with zero attached hydrogens (tertiary/aromatic N) is 1. The third-order valence-electron chi connectivity index (χ3n) is 6.05. The summed E-state index contributed by atoms with van der Waals surface area (Å²) in [5.41, 5.74) is 2.32. The number of hydrogen-bond acceptors (Lipinski definition) is 6. The molecule has 2 aliphatic heterocycles. The lowest BCUT2D eigenvalue weighted by molar-refractivity contribution is -0.123. The zero-order valence-corrected chi connectivity index (χ0v) is 20.4. The fraction of sp³-hybridized carbons (Fsp3) is 0.417. The van der Waals surface area contributed by atoms with Gasteiger partial charge >= 0.3 is 0 Å². The smallest absolute Gasteiger partial charge is 0.241 e. The Morgan fingerprint density at radius 3 is 2.56 bits per heavy atom. The molecule has 0 saturated carbocycles. The van der Waals surface area contributed by atoms with Crippen molar-refractivity contribution in [2.45, 2.75) is 57.6 Å². The van der Waals surface area contributed by atoms with Crippen LogP contribution in [0.2, 0.25) is 0 Å². The molecular weight excluding hydrogens is 458 g/mol. The number of carbonyl (C=O) groups is 2. The zero-order valence-electron chi connectivity index (χ0n) is 19.6. The van der Waals surface area contributed by atoms with Crippen LogP contribution in [0.3, 0.4) is 0 Å². The number of sulfonamides is 1. The van der Waals surface area contributed by atoms with Crippen molar-refractivity contribution in [3.63, 3.8) is 0 Å². The summed E-state index contributed by atoms with van der Waals surface area (Å²) in [7, 11) is -3.97. The normalized spacial score (nSPS) is 17.6. The van der Waals surface area contributed by atoms with Crippen molar-refractivity contribution in [3.05, 3.63) is 47.5 Å². The Hall–Kier alpha value is -3.11. The molecule has 34 heavy (non-hydrogen) atoms. The van der Waals surface area contributed by atoms with E-state index in [-0.39, 0.29) is 36.1 Å². The van der Waals surface area contributed by atoms with Gasteiger partial charge in [0, 0.05) is 25.2 Å². The second kappa shape index (κ2) is 9.27. The van der Waals surface area contributed by atoms with Crippen molar-refractivity contribution in [2.75, 3.05) is 11.7 Å². The fourth-order valence-corrected chi connectivity index (χ4v) is 5.73. The number of hydrogen-bond donors (Lipinski definition) is 2. The first-order valence-corrected chi connectivity index (χ1v) is 12.7. The van der Waals surface area contributed by atoms with Crippen LogP contribution in [0.4, 0.5) is 5.69 Å². The molecule has 0 radical (unpaired) electrons. The molecule has 2 aromatic carbocycles. The second-order valence-electron chi connectivity index (χ2n) is 8.98. The molecule has 0 fully saturated rings. The Morgan fingerprint density at radius 1 is 1.12 bits per heavy atom. The fourth-order valence-electron chi connectivity index (χ4n) is 4.33. The Labute approximate surface area is 199 Å². The van der Waals surface area contributed by atoms with Gasteiger partial charge in [0.15, 0.2) is 11.5 Å². The van der Waals surface area contributed by atoms with Gasteiger partial charge in [-0.05, 0) is 60.7 Å². The molecule has 0 bridgehead atoms. The minimum absolute atomic E-state index is 0.0382. The van der Waals surface area contributed by atoms with Crippen molar-refractivity contribution in [2.24, 2.45) is 5.92 Å². The van der Waals surface area contributed by atoms with Crippen molar-refractivity contribution in [3.8, 4) is 11.5 Å². The number of ether oxygens (including phenoxy) is 2. The van der Waals surface area contributed by atoms with E-state index in [1.165, 1.54) is 13.0 Å². The van der Waals surface area contributed by atoms with E-state index in [9.17, 15) is 18.0 Å². The molecule has 10 heteroatoms. The van der Waals surface area contributed by atoms with Gasteiger partial charge in [-0.2, -0.15) is 4.72 Å². The van der Waals surface area contributed by atoms with Crippen LogP contribution in [0.5, 0.6) is 11.5 Å². The number of fused-ring (bicyclic) bond motifs is 2. The molecule has 0 spiro atoms. The number of carbonyl (C=O) groups excluding carboxylic acids is 2. The third kappa shape index (κ3) is 4.74. The van der Waals surface area contributed by atoms with Crippen LogP contribution in [-0.2, 0) is 32.6 Å². The zero-order chi connectivity index (χ0) is 24.6. The molecule has 0 aliphatic carbocycles. The van der Waals surface area contributed by atoms with Crippen LogP contribution in [0.15, 0.2) is 41.3 Å². The summed E-state index contributed by atoms with van der Waals surface area (Å²) in [6.07, 6.45) is 0.571. The van der Waals surface area contributed by atoms with Gasteiger partial charge in [-0.3, -0.25) is 9.59 Å². The molecule has 2 heterocycles. The average molecular weight is 488 g/mol. The molecule has 0 aromatic heterocycles. The molecule has 4 rings (SSSR count). The van der Waals surface area contributed by atoms with Crippen LogP contribution in [0.1, 0.15) is 38.8 Å². The van der Waals surface area contributed by atoms with E-state index < -0.39 is 22.0 Å². The van der Waals surface area contributed by atoms with Gasteiger partial charge in [0.05, 0.1) is 4.90 Å². The van der Waals surface area contributed by atoms with E-state index in [1.807, 2.05) is 13.0 Å². The lowest BCUT2D eigenvalue weighted by Crippen LogP contribution is -2.49. The highest BCUT2D eigenvalue weighted by molar-refractivity contribution is 7.89. The maximum absolute atomic E-state index is 13.1. The Balaban J connectivity index is 1.47. The molecular formula is C24H29N3O6S. The molecule has 2 N–H and O–H groups in total. The maximum Gasteiger partial charge on any atom is 0.241 e. The number of nitrogens with one attached hydrogen (secondary N) is 2. The molecule has 2 aromatic rings. The summed E-state index contributed by atoms with van der Waals surface area (Å²) in [5, 5.41) is 2.80. The van der Waals surface area contributed by atoms with E-state index in [0.29, 0.717) is 17.9 Å². The number of rotatable bonds is 7. The SMILES string of the molecule is CC(=O)N1c2ccc(S(=O)(=O)N[C@@H](C(=O)NCc3ccc4c(c3)OCO4)C(C)C)cc2C[C@@H]1C. The van der Waals surface area contributed by atoms with E-state index in [0.717, 1.165) is 16.8 Å². The van der Waals surface area contributed by atoms with E-state index in [4.69, 9.17) is 9.47 Å². The predicted molar refractivity (Wildman–Crippen MR) is 126 cm³/mol. The third-order valence-corrected chi connectivity index (χ3v) is 7.49. The number of anilines is 1. The van der Waals surface area contributed by atoms with Crippen molar-refractivity contribution >= 4 is 27.5 Å². The first kappa shape index (κ1) is 24.0. The average Bonchev–Trinajstić information content (AvgIpc) is 3.37. The van der Waals surface area contributed by atoms with E-state index in [1.54, 1.807) is 43.0 Å². The highest BCUT2D eigenvalue weighted by Gasteiger charge is 2.32. The predicted octanol–water partition coefficient (Wildman–Crippen LogP) is 2.33. The minimum atomic E-state index is -3.97. The van der Waals surface area contributed by atoms with Crippen LogP contribution in [-0.4, -0.2) is 39.1 Å². The molecule has 9 nitrogen and oxygen atoms in total. The van der Waals surface area contributed by atoms with Gasteiger partial charge in [0.2, 0.25) is 28.6 Å². The van der Waals surface area contributed by atoms with Crippen molar-refractivity contribution in [1.29, 1.82) is 0 Å². The van der Waals surface area contributed by atoms with Crippen LogP contribution < -0.4 is 24.4 Å². The van der Waals surface area contributed by atoms with Crippen LogP contribution in [0.25, 0.3) is 0 Å². The van der Waals surface area contributed by atoms with Crippen LogP contribution >= 0.6 is 0 Å². The van der Waals surface area contributed by atoms with Crippen molar-refractivity contribution < 1.29 is 27.5 Å². The summed E-state index contributed by atoms with van der Waals surface area (Å²) in [4.78, 5) is 26.6. The molecule has 182 valence electrons. The molecule has 0 unspecified atom stereocenters. The quantitative estimate of drug-likeness (QED) is 0.620. The van der Waals surface area contributed by atoms with Gasteiger partial charge in [-0.15, -0.1) is 0 Å². The highest BCUT2D eigenvalue weighted by Crippen LogP contribution is 2.34. The van der Waals surface area contributed by atoms with Gasteiger partial charge in [0.25, 0.3) is 0 Å². The van der Waals surface area contributed by atoms with Crippen molar-refractivity contribution in [1.82, 2.24) is 10.0 Å². The minimum Gasteiger partial charge on any atom is -0.454 e. The van der Waals surface area contributed by atoms with Gasteiger partial charge in [-0.1, -0.05) is 19.9 Å². The van der Waals surface area contributed by atoms with Gasteiger partial charge in [0.1, 0.15) is 6.04 Å². The topological polar surface area (TPSA) is 114 Å². The summed E-state index contributed by atoms with van der Waals surface area (Å²) < 4.78 is 39.5. The molecule has 2 atom stereocenters. The Morgan fingerprint density at radius 2 is 1.85 bits per heavy atom. The standard InChI is InChI=1S/C24H29N3O6S/c1-14(2)23(24(29)25-12-17-5-8-21-22(10-17)33-13-32-21)26-34(30,31)19-6-7-20-18(11-19)9-15(3)27(20)16(4)28/h5-8,10-11,14-15,23,26H,9,12-13H2,1-4H3,(H,25,29)/t15-,23+/m0/s1. The lowest BCUT2D eigenvalue weighted by atomic mass is 10.0. The Kier molecular flexibility index (Phi) is 6.55. The Bertz CT molecular complexity index is 1230. The summed E-state index contributed by atoms with van der Waals surface area (Å²) in [6, 6.07) is 9.08. The summed E-state index contributed by atoms with van der Waals surface area (Å²) in [6.45, 7) is 7.36. The maximum atomic E-state index is 13.1. The molecule has 2 aliphatic rings. The first-order valence-electron chi connectivity index (χ1n) is 11.2. The van der Waals surface area contributed by atoms with E-state index >= 15 is 0 Å².